The van der Waals surface area contributed by atoms with Crippen LogP contribution in [0, 0.1) is 4.77 Å². The van der Waals surface area contributed by atoms with E-state index in [9.17, 15) is 8.42 Å². The molecule has 1 N–H and O–H groups in total. The van der Waals surface area contributed by atoms with Crippen LogP contribution in [0.3, 0.4) is 0 Å². The highest BCUT2D eigenvalue weighted by molar-refractivity contribution is 7.89. The second-order valence-corrected chi connectivity index (χ2v) is 8.72. The lowest BCUT2D eigenvalue weighted by Crippen LogP contribution is -3.14. The van der Waals surface area contributed by atoms with E-state index in [1.807, 2.05) is 23.1 Å². The van der Waals surface area contributed by atoms with E-state index < -0.39 is 10.0 Å². The van der Waals surface area contributed by atoms with Crippen molar-refractivity contribution >= 4 is 22.2 Å². The maximum absolute atomic E-state index is 12.9. The summed E-state index contributed by atoms with van der Waals surface area (Å²) < 4.78 is 37.1. The molecule has 1 fully saturated rings. The first-order chi connectivity index (χ1) is 13.0. The molecular weight excluding hydrogens is 386 g/mol. The molecule has 3 rings (SSSR count). The SMILES string of the molecule is CCOc1ccc(S(=O)(=O)N2CC[NH+](Cn3ncn(CC)c3=S)CC2)cc1. The van der Waals surface area contributed by atoms with Gasteiger partial charge in [0.1, 0.15) is 12.1 Å². The number of hydrogen-bond donors (Lipinski definition) is 1. The van der Waals surface area contributed by atoms with Crippen LogP contribution in [0.1, 0.15) is 13.8 Å². The molecule has 0 atom stereocenters. The zero-order valence-electron chi connectivity index (χ0n) is 15.7. The van der Waals surface area contributed by atoms with Gasteiger partial charge in [0, 0.05) is 6.54 Å². The van der Waals surface area contributed by atoms with E-state index in [0.29, 0.717) is 41.8 Å². The molecule has 0 radical (unpaired) electrons. The van der Waals surface area contributed by atoms with Gasteiger partial charge in [0.2, 0.25) is 14.8 Å². The van der Waals surface area contributed by atoms with Crippen molar-refractivity contribution in [2.45, 2.75) is 32.0 Å². The van der Waals surface area contributed by atoms with Crippen molar-refractivity contribution in [3.05, 3.63) is 35.4 Å². The van der Waals surface area contributed by atoms with Crippen LogP contribution in [0.25, 0.3) is 0 Å². The van der Waals surface area contributed by atoms with Crippen molar-refractivity contribution in [2.75, 3.05) is 32.8 Å². The number of nitrogens with zero attached hydrogens (tertiary/aromatic N) is 4. The van der Waals surface area contributed by atoms with Gasteiger partial charge < -0.3 is 14.2 Å². The standard InChI is InChI=1S/C17H25N5O3S2/c1-3-20-13-18-22(17(20)26)14-19-9-11-21(12-10-19)27(23,24)16-7-5-15(6-8-16)25-4-2/h5-8,13H,3-4,9-12,14H2,1-2H3/p+1. The van der Waals surface area contributed by atoms with Crippen molar-refractivity contribution in [1.82, 2.24) is 18.7 Å². The number of rotatable bonds is 7. The van der Waals surface area contributed by atoms with Crippen LogP contribution >= 0.6 is 12.2 Å². The first-order valence-electron chi connectivity index (χ1n) is 9.14. The largest absolute Gasteiger partial charge is 0.494 e. The van der Waals surface area contributed by atoms with Gasteiger partial charge >= 0.3 is 0 Å². The van der Waals surface area contributed by atoms with Crippen LogP contribution in [0.2, 0.25) is 0 Å². The Hall–Kier alpha value is -1.75. The van der Waals surface area contributed by atoms with Crippen molar-refractivity contribution in [1.29, 1.82) is 0 Å². The van der Waals surface area contributed by atoms with Gasteiger partial charge in [0.05, 0.1) is 37.7 Å². The van der Waals surface area contributed by atoms with Gasteiger partial charge in [-0.2, -0.15) is 14.1 Å². The first kappa shape index (κ1) is 20.0. The molecule has 1 aromatic heterocycles. The summed E-state index contributed by atoms with van der Waals surface area (Å²) in [7, 11) is -3.48. The van der Waals surface area contributed by atoms with Crippen LogP contribution in [0.5, 0.6) is 5.75 Å². The van der Waals surface area contributed by atoms with Crippen molar-refractivity contribution in [3.63, 3.8) is 0 Å². The number of sulfonamides is 1. The summed E-state index contributed by atoms with van der Waals surface area (Å²) in [6.07, 6.45) is 1.74. The maximum Gasteiger partial charge on any atom is 0.243 e. The van der Waals surface area contributed by atoms with E-state index >= 15 is 0 Å². The third-order valence-electron chi connectivity index (χ3n) is 4.71. The molecule has 10 heteroatoms. The molecule has 0 unspecified atom stereocenters. The minimum absolute atomic E-state index is 0.304. The minimum atomic E-state index is -3.48. The second kappa shape index (κ2) is 8.51. The Kier molecular flexibility index (Phi) is 6.30. The smallest absolute Gasteiger partial charge is 0.243 e. The van der Waals surface area contributed by atoms with Gasteiger partial charge in [-0.3, -0.25) is 0 Å². The highest BCUT2D eigenvalue weighted by Crippen LogP contribution is 2.19. The number of quaternary nitrogens is 1. The van der Waals surface area contributed by atoms with Gasteiger partial charge in [-0.05, 0) is 50.3 Å². The van der Waals surface area contributed by atoms with Crippen molar-refractivity contribution in [2.24, 2.45) is 0 Å². The van der Waals surface area contributed by atoms with Crippen LogP contribution in [0.15, 0.2) is 35.5 Å². The Morgan fingerprint density at radius 1 is 1.19 bits per heavy atom. The lowest BCUT2D eigenvalue weighted by molar-refractivity contribution is -0.926. The molecule has 8 nitrogen and oxygen atoms in total. The summed E-state index contributed by atoms with van der Waals surface area (Å²) >= 11 is 5.40. The number of benzene rings is 1. The van der Waals surface area contributed by atoms with E-state index in [1.165, 1.54) is 4.90 Å². The molecule has 27 heavy (non-hydrogen) atoms. The maximum atomic E-state index is 12.9. The Morgan fingerprint density at radius 3 is 2.41 bits per heavy atom. The highest BCUT2D eigenvalue weighted by Gasteiger charge is 2.30. The molecule has 148 valence electrons. The summed E-state index contributed by atoms with van der Waals surface area (Å²) in [5.74, 6) is 0.675. The summed E-state index contributed by atoms with van der Waals surface area (Å²) in [6.45, 7) is 8.32. The molecule has 1 saturated heterocycles. The zero-order chi connectivity index (χ0) is 19.4. The van der Waals surface area contributed by atoms with Crippen molar-refractivity contribution < 1.29 is 18.1 Å². The fraction of sp³-hybridized carbons (Fsp3) is 0.529. The van der Waals surface area contributed by atoms with E-state index in [4.69, 9.17) is 17.0 Å². The van der Waals surface area contributed by atoms with Gasteiger partial charge in [-0.1, -0.05) is 0 Å². The number of hydrogen-bond acceptors (Lipinski definition) is 5. The molecule has 0 spiro atoms. The quantitative estimate of drug-likeness (QED) is 0.666. The first-order valence-corrected chi connectivity index (χ1v) is 11.0. The third-order valence-corrected chi connectivity index (χ3v) is 7.07. The number of piperazine rings is 1. The Bertz CT molecular complexity index is 913. The molecule has 0 amide bonds. The number of aryl methyl sites for hydroxylation is 1. The molecule has 1 aliphatic rings. The van der Waals surface area contributed by atoms with Crippen molar-refractivity contribution in [3.8, 4) is 5.75 Å². The average Bonchev–Trinajstić information content (AvgIpc) is 3.02. The molecule has 2 aromatic rings. The topological polar surface area (TPSA) is 73.8 Å². The molecule has 2 heterocycles. The molecule has 1 aromatic carbocycles. The van der Waals surface area contributed by atoms with Crippen LogP contribution in [-0.2, 0) is 23.2 Å². The average molecular weight is 413 g/mol. The monoisotopic (exact) mass is 412 g/mol. The Labute approximate surface area is 165 Å². The predicted molar refractivity (Wildman–Crippen MR) is 104 cm³/mol. The van der Waals surface area contributed by atoms with Gasteiger partial charge in [0.25, 0.3) is 0 Å². The zero-order valence-corrected chi connectivity index (χ0v) is 17.3. The van der Waals surface area contributed by atoms with E-state index in [2.05, 4.69) is 5.10 Å². The normalized spacial score (nSPS) is 16.5. The molecule has 0 bridgehead atoms. The Balaban J connectivity index is 1.62. The van der Waals surface area contributed by atoms with E-state index in [-0.39, 0.29) is 0 Å². The fourth-order valence-corrected chi connectivity index (χ4v) is 4.86. The summed E-state index contributed by atoms with van der Waals surface area (Å²) in [4.78, 5) is 1.57. The molecule has 1 aliphatic heterocycles. The lowest BCUT2D eigenvalue weighted by atomic mass is 10.3. The minimum Gasteiger partial charge on any atom is -0.494 e. The highest BCUT2D eigenvalue weighted by atomic mass is 32.2. The van der Waals surface area contributed by atoms with Crippen LogP contribution in [0.4, 0.5) is 0 Å². The molecule has 0 saturated carbocycles. The number of aromatic nitrogens is 3. The summed E-state index contributed by atoms with van der Waals surface area (Å²) in [5, 5.41) is 4.33. The summed E-state index contributed by atoms with van der Waals surface area (Å²) in [6, 6.07) is 6.61. The Morgan fingerprint density at radius 2 is 1.85 bits per heavy atom. The molecule has 0 aliphatic carbocycles. The lowest BCUT2D eigenvalue weighted by Gasteiger charge is -2.31. The van der Waals surface area contributed by atoms with Gasteiger partial charge in [0.15, 0.2) is 6.67 Å². The fourth-order valence-electron chi connectivity index (χ4n) is 3.13. The number of ether oxygens (including phenoxy) is 1. The van der Waals surface area contributed by atoms with Gasteiger partial charge in [-0.25, -0.2) is 8.42 Å². The molecular formula is C17H26N5O3S2+. The second-order valence-electron chi connectivity index (χ2n) is 6.42. The van der Waals surface area contributed by atoms with Gasteiger partial charge in [-0.15, -0.1) is 0 Å². The van der Waals surface area contributed by atoms with Crippen LogP contribution in [-0.4, -0.2) is 59.9 Å². The third kappa shape index (κ3) is 4.40. The number of nitrogens with one attached hydrogen (secondary N) is 1. The summed E-state index contributed by atoms with van der Waals surface area (Å²) in [5.41, 5.74) is 0. The predicted octanol–water partition coefficient (Wildman–Crippen LogP) is 0.380. The van der Waals surface area contributed by atoms with E-state index in [1.54, 1.807) is 34.9 Å². The van der Waals surface area contributed by atoms with Crippen LogP contribution < -0.4 is 9.64 Å². The van der Waals surface area contributed by atoms with E-state index in [0.717, 1.165) is 19.6 Å².